The van der Waals surface area contributed by atoms with Crippen molar-refractivity contribution in [1.29, 1.82) is 0 Å². The average molecular weight is 275 g/mol. The highest BCUT2D eigenvalue weighted by atomic mass is 16.5. The monoisotopic (exact) mass is 275 g/mol. The maximum atomic E-state index is 6.32. The average Bonchev–Trinajstić information content (AvgIpc) is 2.97. The highest BCUT2D eigenvalue weighted by Crippen LogP contribution is 2.19. The molecule has 1 aromatic rings. The van der Waals surface area contributed by atoms with Gasteiger partial charge in [0.1, 0.15) is 0 Å². The van der Waals surface area contributed by atoms with Gasteiger partial charge >= 0.3 is 0 Å². The molecule has 2 fully saturated rings. The molecular weight excluding hydrogens is 250 g/mol. The third kappa shape index (κ3) is 3.38. The van der Waals surface area contributed by atoms with Crippen molar-refractivity contribution in [3.05, 3.63) is 35.9 Å². The van der Waals surface area contributed by atoms with Crippen molar-refractivity contribution in [3.63, 3.8) is 0 Å². The minimum absolute atomic E-state index is 0.125. The van der Waals surface area contributed by atoms with Crippen molar-refractivity contribution in [3.8, 4) is 0 Å². The molecule has 0 aromatic heterocycles. The summed E-state index contributed by atoms with van der Waals surface area (Å²) in [4.78, 5) is 5.09. The molecule has 2 unspecified atom stereocenters. The Morgan fingerprint density at radius 3 is 2.65 bits per heavy atom. The number of likely N-dealkylation sites (tertiary alicyclic amines) is 1. The number of benzene rings is 1. The molecule has 0 radical (unpaired) electrons. The van der Waals surface area contributed by atoms with Crippen LogP contribution in [-0.2, 0) is 4.74 Å². The molecule has 0 saturated carbocycles. The summed E-state index contributed by atoms with van der Waals surface area (Å²) >= 11 is 0. The van der Waals surface area contributed by atoms with Crippen LogP contribution in [0.1, 0.15) is 18.0 Å². The number of hydrogen-bond donors (Lipinski definition) is 1. The molecule has 2 saturated heterocycles. The molecule has 20 heavy (non-hydrogen) atoms. The lowest BCUT2D eigenvalue weighted by Crippen LogP contribution is -2.45. The third-order valence-electron chi connectivity index (χ3n) is 4.49. The van der Waals surface area contributed by atoms with E-state index in [4.69, 9.17) is 10.5 Å². The van der Waals surface area contributed by atoms with Crippen molar-refractivity contribution in [1.82, 2.24) is 9.80 Å². The van der Waals surface area contributed by atoms with E-state index < -0.39 is 0 Å². The topological polar surface area (TPSA) is 41.7 Å². The van der Waals surface area contributed by atoms with Gasteiger partial charge in [-0.15, -0.1) is 0 Å². The van der Waals surface area contributed by atoms with Gasteiger partial charge in [0.05, 0.1) is 13.2 Å². The van der Waals surface area contributed by atoms with Crippen LogP contribution in [0.3, 0.4) is 0 Å². The van der Waals surface area contributed by atoms with E-state index in [0.717, 1.165) is 39.4 Å². The summed E-state index contributed by atoms with van der Waals surface area (Å²) in [6.07, 6.45) is 1.27. The van der Waals surface area contributed by atoms with Gasteiger partial charge in [0.25, 0.3) is 0 Å². The molecule has 0 amide bonds. The van der Waals surface area contributed by atoms with E-state index in [-0.39, 0.29) is 6.04 Å². The lowest BCUT2D eigenvalue weighted by Gasteiger charge is -2.32. The lowest BCUT2D eigenvalue weighted by molar-refractivity contribution is 0.0184. The molecule has 4 nitrogen and oxygen atoms in total. The van der Waals surface area contributed by atoms with E-state index >= 15 is 0 Å². The Morgan fingerprint density at radius 2 is 1.90 bits per heavy atom. The van der Waals surface area contributed by atoms with E-state index in [9.17, 15) is 0 Å². The third-order valence-corrected chi connectivity index (χ3v) is 4.49. The van der Waals surface area contributed by atoms with Gasteiger partial charge in [0, 0.05) is 38.3 Å². The number of hydrogen-bond acceptors (Lipinski definition) is 4. The first-order chi connectivity index (χ1) is 9.83. The molecule has 110 valence electrons. The van der Waals surface area contributed by atoms with Crippen LogP contribution in [0.15, 0.2) is 30.3 Å². The van der Waals surface area contributed by atoms with Crippen molar-refractivity contribution in [2.45, 2.75) is 18.5 Å². The molecule has 1 aromatic carbocycles. The maximum absolute atomic E-state index is 6.32. The standard InChI is InChI=1S/C16H25N3O/c17-16(14-4-2-1-3-5-14)13-18-7-6-15(12-18)19-8-10-20-11-9-19/h1-5,15-16H,6-13,17H2. The van der Waals surface area contributed by atoms with Crippen LogP contribution in [0.2, 0.25) is 0 Å². The molecule has 0 aliphatic carbocycles. The minimum Gasteiger partial charge on any atom is -0.379 e. The predicted molar refractivity (Wildman–Crippen MR) is 80.6 cm³/mol. The summed E-state index contributed by atoms with van der Waals surface area (Å²) < 4.78 is 5.43. The zero-order chi connectivity index (χ0) is 13.8. The second-order valence-electron chi connectivity index (χ2n) is 5.87. The fraction of sp³-hybridized carbons (Fsp3) is 0.625. The summed E-state index contributed by atoms with van der Waals surface area (Å²) in [5.74, 6) is 0. The van der Waals surface area contributed by atoms with Gasteiger partial charge in [-0.2, -0.15) is 0 Å². The molecule has 2 atom stereocenters. The Balaban J connectivity index is 1.50. The summed E-state index contributed by atoms with van der Waals surface area (Å²) in [6, 6.07) is 11.2. The quantitative estimate of drug-likeness (QED) is 0.893. The molecule has 3 rings (SSSR count). The van der Waals surface area contributed by atoms with E-state index in [2.05, 4.69) is 34.1 Å². The first-order valence-corrected chi connectivity index (χ1v) is 7.67. The molecule has 2 aliphatic heterocycles. The SMILES string of the molecule is NC(CN1CCC(N2CCOCC2)C1)c1ccccc1. The van der Waals surface area contributed by atoms with Crippen LogP contribution < -0.4 is 5.73 Å². The van der Waals surface area contributed by atoms with Crippen LogP contribution in [0.4, 0.5) is 0 Å². The zero-order valence-electron chi connectivity index (χ0n) is 12.1. The van der Waals surface area contributed by atoms with E-state index in [1.807, 2.05) is 6.07 Å². The Labute approximate surface area is 121 Å². The molecular formula is C16H25N3O. The van der Waals surface area contributed by atoms with Crippen LogP contribution >= 0.6 is 0 Å². The van der Waals surface area contributed by atoms with Gasteiger partial charge in [-0.05, 0) is 18.5 Å². The van der Waals surface area contributed by atoms with Crippen molar-refractivity contribution in [2.24, 2.45) is 5.73 Å². The summed E-state index contributed by atoms with van der Waals surface area (Å²) in [7, 11) is 0. The normalized spacial score (nSPS) is 26.8. The van der Waals surface area contributed by atoms with E-state index in [1.165, 1.54) is 18.5 Å². The smallest absolute Gasteiger partial charge is 0.0594 e. The predicted octanol–water partition coefficient (Wildman–Crippen LogP) is 1.09. The molecule has 4 heteroatoms. The number of rotatable bonds is 4. The van der Waals surface area contributed by atoms with Crippen LogP contribution in [0.25, 0.3) is 0 Å². The lowest BCUT2D eigenvalue weighted by atomic mass is 10.1. The van der Waals surface area contributed by atoms with Crippen molar-refractivity contribution < 1.29 is 4.74 Å². The number of nitrogens with zero attached hydrogens (tertiary/aromatic N) is 2. The number of ether oxygens (including phenoxy) is 1. The summed E-state index contributed by atoms with van der Waals surface area (Å²) in [6.45, 7) is 7.24. The fourth-order valence-electron chi connectivity index (χ4n) is 3.30. The first kappa shape index (κ1) is 14.0. The minimum atomic E-state index is 0.125. The van der Waals surface area contributed by atoms with E-state index in [1.54, 1.807) is 0 Å². The van der Waals surface area contributed by atoms with Crippen molar-refractivity contribution in [2.75, 3.05) is 45.9 Å². The molecule has 0 spiro atoms. The second-order valence-corrected chi connectivity index (χ2v) is 5.87. The van der Waals surface area contributed by atoms with Crippen LogP contribution in [-0.4, -0.2) is 61.8 Å². The van der Waals surface area contributed by atoms with Gasteiger partial charge in [0.2, 0.25) is 0 Å². The highest BCUT2D eigenvalue weighted by Gasteiger charge is 2.29. The summed E-state index contributed by atoms with van der Waals surface area (Å²) in [5.41, 5.74) is 7.56. The van der Waals surface area contributed by atoms with Crippen LogP contribution in [0, 0.1) is 0 Å². The Bertz CT molecular complexity index is 405. The largest absolute Gasteiger partial charge is 0.379 e. The highest BCUT2D eigenvalue weighted by molar-refractivity contribution is 5.18. The van der Waals surface area contributed by atoms with Gasteiger partial charge < -0.3 is 10.5 Å². The van der Waals surface area contributed by atoms with Gasteiger partial charge in [0.15, 0.2) is 0 Å². The molecule has 2 heterocycles. The molecule has 2 N–H and O–H groups in total. The Kier molecular flexibility index (Phi) is 4.68. The number of nitrogens with two attached hydrogens (primary N) is 1. The Morgan fingerprint density at radius 1 is 1.15 bits per heavy atom. The Hall–Kier alpha value is -0.940. The fourth-order valence-corrected chi connectivity index (χ4v) is 3.30. The molecule has 0 bridgehead atoms. The van der Waals surface area contributed by atoms with Gasteiger partial charge in [-0.25, -0.2) is 0 Å². The van der Waals surface area contributed by atoms with Crippen molar-refractivity contribution >= 4 is 0 Å². The number of morpholine rings is 1. The summed E-state index contributed by atoms with van der Waals surface area (Å²) in [5, 5.41) is 0. The van der Waals surface area contributed by atoms with E-state index in [0.29, 0.717) is 6.04 Å². The zero-order valence-corrected chi connectivity index (χ0v) is 12.1. The molecule has 2 aliphatic rings. The van der Waals surface area contributed by atoms with Gasteiger partial charge in [-0.1, -0.05) is 30.3 Å². The van der Waals surface area contributed by atoms with Crippen LogP contribution in [0.5, 0.6) is 0 Å². The second kappa shape index (κ2) is 6.68. The first-order valence-electron chi connectivity index (χ1n) is 7.67. The maximum Gasteiger partial charge on any atom is 0.0594 e. The van der Waals surface area contributed by atoms with Gasteiger partial charge in [-0.3, -0.25) is 9.80 Å².